The minimum atomic E-state index is -0.156. The number of urea groups is 1. The van der Waals surface area contributed by atoms with Gasteiger partial charge in [0.15, 0.2) is 5.82 Å². The molecule has 1 saturated carbocycles. The summed E-state index contributed by atoms with van der Waals surface area (Å²) in [4.78, 5) is 11.7. The third-order valence-corrected chi connectivity index (χ3v) is 3.62. The Bertz CT molecular complexity index is 423. The van der Waals surface area contributed by atoms with Crippen LogP contribution in [-0.4, -0.2) is 17.2 Å². The van der Waals surface area contributed by atoms with Crippen molar-refractivity contribution in [1.29, 1.82) is 0 Å². The molecule has 3 rings (SSSR count). The molecule has 0 unspecified atom stereocenters. The van der Waals surface area contributed by atoms with Gasteiger partial charge in [0.25, 0.3) is 0 Å². The van der Waals surface area contributed by atoms with Crippen molar-refractivity contribution in [3.05, 3.63) is 11.3 Å². The number of amides is 2. The predicted octanol–water partition coefficient (Wildman–Crippen LogP) is 2.23. The van der Waals surface area contributed by atoms with Gasteiger partial charge in [-0.05, 0) is 38.5 Å². The summed E-state index contributed by atoms with van der Waals surface area (Å²) in [6, 6.07) is 0.189. The summed E-state index contributed by atoms with van der Waals surface area (Å²) in [6.07, 6.45) is 7.58. The van der Waals surface area contributed by atoms with E-state index in [1.165, 1.54) is 6.42 Å². The molecule has 92 valence electrons. The molecule has 5 nitrogen and oxygen atoms in total. The average molecular weight is 235 g/mol. The van der Waals surface area contributed by atoms with Crippen molar-refractivity contribution in [2.75, 3.05) is 5.32 Å². The Labute approximate surface area is 99.9 Å². The van der Waals surface area contributed by atoms with E-state index < -0.39 is 0 Å². The second-order valence-electron chi connectivity index (χ2n) is 4.87. The van der Waals surface area contributed by atoms with Crippen molar-refractivity contribution in [1.82, 2.24) is 10.5 Å². The molecule has 1 aromatic rings. The molecule has 0 bridgehead atoms. The van der Waals surface area contributed by atoms with E-state index in [4.69, 9.17) is 4.52 Å². The Morgan fingerprint density at radius 1 is 1.24 bits per heavy atom. The summed E-state index contributed by atoms with van der Waals surface area (Å²) < 4.78 is 5.24. The van der Waals surface area contributed by atoms with Crippen molar-refractivity contribution in [2.24, 2.45) is 0 Å². The summed E-state index contributed by atoms with van der Waals surface area (Å²) >= 11 is 0. The van der Waals surface area contributed by atoms with E-state index in [1.54, 1.807) is 0 Å². The van der Waals surface area contributed by atoms with Gasteiger partial charge >= 0.3 is 6.03 Å². The Hall–Kier alpha value is -1.52. The zero-order chi connectivity index (χ0) is 11.7. The van der Waals surface area contributed by atoms with Gasteiger partial charge in [-0.3, -0.25) is 5.32 Å². The molecule has 1 heterocycles. The first kappa shape index (κ1) is 10.6. The SMILES string of the molecule is O=C(Nc1noc2c1CCCC2)NC1CCC1. The molecule has 0 aromatic carbocycles. The second-order valence-corrected chi connectivity index (χ2v) is 4.87. The van der Waals surface area contributed by atoms with E-state index in [9.17, 15) is 4.79 Å². The van der Waals surface area contributed by atoms with Crippen molar-refractivity contribution in [3.8, 4) is 0 Å². The van der Waals surface area contributed by atoms with Gasteiger partial charge in [-0.2, -0.15) is 0 Å². The Kier molecular flexibility index (Phi) is 2.74. The summed E-state index contributed by atoms with van der Waals surface area (Å²) in [5, 5.41) is 9.67. The fourth-order valence-electron chi connectivity index (χ4n) is 2.36. The number of hydrogen-bond acceptors (Lipinski definition) is 3. The average Bonchev–Trinajstić information content (AvgIpc) is 2.68. The molecule has 1 aromatic heterocycles. The summed E-state index contributed by atoms with van der Waals surface area (Å²) in [7, 11) is 0. The molecule has 2 N–H and O–H groups in total. The van der Waals surface area contributed by atoms with E-state index in [-0.39, 0.29) is 6.03 Å². The summed E-state index contributed by atoms with van der Waals surface area (Å²) in [6.45, 7) is 0. The maximum atomic E-state index is 11.7. The number of aryl methyl sites for hydroxylation is 1. The second kappa shape index (κ2) is 4.39. The van der Waals surface area contributed by atoms with Crippen LogP contribution in [0.2, 0.25) is 0 Å². The lowest BCUT2D eigenvalue weighted by Crippen LogP contribution is -2.42. The van der Waals surface area contributed by atoms with Crippen LogP contribution in [0.15, 0.2) is 4.52 Å². The van der Waals surface area contributed by atoms with Crippen molar-refractivity contribution < 1.29 is 9.32 Å². The van der Waals surface area contributed by atoms with E-state index in [0.29, 0.717) is 11.9 Å². The molecule has 2 aliphatic carbocycles. The first-order valence-electron chi connectivity index (χ1n) is 6.38. The molecule has 0 spiro atoms. The highest BCUT2D eigenvalue weighted by atomic mass is 16.5. The van der Waals surface area contributed by atoms with Crippen LogP contribution in [0.5, 0.6) is 0 Å². The minimum absolute atomic E-state index is 0.156. The number of anilines is 1. The van der Waals surface area contributed by atoms with Gasteiger partial charge in [0.05, 0.1) is 0 Å². The van der Waals surface area contributed by atoms with Gasteiger partial charge in [0.2, 0.25) is 0 Å². The van der Waals surface area contributed by atoms with Crippen molar-refractivity contribution in [2.45, 2.75) is 51.0 Å². The number of rotatable bonds is 2. The fourth-order valence-corrected chi connectivity index (χ4v) is 2.36. The largest absolute Gasteiger partial charge is 0.359 e. The van der Waals surface area contributed by atoms with Gasteiger partial charge in [0, 0.05) is 18.0 Å². The van der Waals surface area contributed by atoms with E-state index in [2.05, 4.69) is 15.8 Å². The summed E-state index contributed by atoms with van der Waals surface area (Å²) in [5.74, 6) is 1.55. The summed E-state index contributed by atoms with van der Waals surface area (Å²) in [5.41, 5.74) is 1.08. The van der Waals surface area contributed by atoms with Crippen LogP contribution in [0.4, 0.5) is 10.6 Å². The molecule has 0 atom stereocenters. The maximum Gasteiger partial charge on any atom is 0.320 e. The lowest BCUT2D eigenvalue weighted by atomic mass is 9.93. The van der Waals surface area contributed by atoms with E-state index in [0.717, 1.165) is 49.8 Å². The van der Waals surface area contributed by atoms with Gasteiger partial charge in [0.1, 0.15) is 5.76 Å². The Morgan fingerprint density at radius 2 is 2.06 bits per heavy atom. The number of nitrogens with one attached hydrogen (secondary N) is 2. The van der Waals surface area contributed by atoms with Crippen LogP contribution in [-0.2, 0) is 12.8 Å². The van der Waals surface area contributed by atoms with Gasteiger partial charge in [-0.15, -0.1) is 0 Å². The number of hydrogen-bond donors (Lipinski definition) is 2. The van der Waals surface area contributed by atoms with E-state index in [1.807, 2.05) is 0 Å². The van der Waals surface area contributed by atoms with Crippen LogP contribution in [0.1, 0.15) is 43.4 Å². The normalized spacial score (nSPS) is 19.3. The zero-order valence-corrected chi connectivity index (χ0v) is 9.79. The van der Waals surface area contributed by atoms with Crippen LogP contribution >= 0.6 is 0 Å². The first-order chi connectivity index (χ1) is 8.33. The molecule has 2 aliphatic rings. The lowest BCUT2D eigenvalue weighted by Gasteiger charge is -2.26. The molecule has 1 fully saturated rings. The number of nitrogens with zero attached hydrogens (tertiary/aromatic N) is 1. The third-order valence-electron chi connectivity index (χ3n) is 3.62. The fraction of sp³-hybridized carbons (Fsp3) is 0.667. The number of aromatic nitrogens is 1. The quantitative estimate of drug-likeness (QED) is 0.826. The van der Waals surface area contributed by atoms with Crippen LogP contribution in [0, 0.1) is 0 Å². The standard InChI is InChI=1S/C12H17N3O2/c16-12(13-8-4-3-5-8)14-11-9-6-1-2-7-10(9)17-15-11/h8H,1-7H2,(H2,13,14,15,16). The number of carbonyl (C=O) groups excluding carboxylic acids is 1. The zero-order valence-electron chi connectivity index (χ0n) is 9.79. The third kappa shape index (κ3) is 2.14. The predicted molar refractivity (Wildman–Crippen MR) is 62.9 cm³/mol. The first-order valence-corrected chi connectivity index (χ1v) is 6.38. The van der Waals surface area contributed by atoms with Crippen LogP contribution in [0.3, 0.4) is 0 Å². The minimum Gasteiger partial charge on any atom is -0.359 e. The monoisotopic (exact) mass is 235 g/mol. The Balaban J connectivity index is 1.63. The van der Waals surface area contributed by atoms with Gasteiger partial charge < -0.3 is 9.84 Å². The van der Waals surface area contributed by atoms with Crippen molar-refractivity contribution in [3.63, 3.8) is 0 Å². The maximum absolute atomic E-state index is 11.7. The highest BCUT2D eigenvalue weighted by Crippen LogP contribution is 2.27. The molecule has 2 amide bonds. The Morgan fingerprint density at radius 3 is 2.82 bits per heavy atom. The molecule has 5 heteroatoms. The number of fused-ring (bicyclic) bond motifs is 1. The topological polar surface area (TPSA) is 67.2 Å². The smallest absolute Gasteiger partial charge is 0.320 e. The van der Waals surface area contributed by atoms with Gasteiger partial charge in [-0.1, -0.05) is 5.16 Å². The molecule has 0 saturated heterocycles. The van der Waals surface area contributed by atoms with E-state index >= 15 is 0 Å². The highest BCUT2D eigenvalue weighted by Gasteiger charge is 2.23. The van der Waals surface area contributed by atoms with Gasteiger partial charge in [-0.25, -0.2) is 4.79 Å². The van der Waals surface area contributed by atoms with Crippen molar-refractivity contribution >= 4 is 11.8 Å². The molecular weight excluding hydrogens is 218 g/mol. The molecule has 17 heavy (non-hydrogen) atoms. The highest BCUT2D eigenvalue weighted by molar-refractivity contribution is 5.89. The van der Waals surface area contributed by atoms with Crippen LogP contribution < -0.4 is 10.6 Å². The number of carbonyl (C=O) groups is 1. The molecule has 0 aliphatic heterocycles. The molecule has 0 radical (unpaired) electrons. The van der Waals surface area contributed by atoms with Crippen LogP contribution in [0.25, 0.3) is 0 Å². The molecular formula is C12H17N3O2. The lowest BCUT2D eigenvalue weighted by molar-refractivity contribution is 0.239.